The molecule has 0 radical (unpaired) electrons. The summed E-state index contributed by atoms with van der Waals surface area (Å²) in [4.78, 5) is 26.6. The molecule has 4 rings (SSSR count). The Labute approximate surface area is 168 Å². The molecule has 0 aliphatic heterocycles. The van der Waals surface area contributed by atoms with Crippen molar-refractivity contribution < 1.29 is 14.3 Å². The van der Waals surface area contributed by atoms with Gasteiger partial charge in [0.05, 0.1) is 7.11 Å². The predicted octanol–water partition coefficient (Wildman–Crippen LogP) is 3.83. The quantitative estimate of drug-likeness (QED) is 0.729. The molecular formula is C22H24N2O3S. The Bertz CT molecular complexity index is 874. The number of hydrogen-bond acceptors (Lipinski definition) is 4. The largest absolute Gasteiger partial charge is 0.497 e. The zero-order valence-corrected chi connectivity index (χ0v) is 16.6. The van der Waals surface area contributed by atoms with Crippen LogP contribution in [0.3, 0.4) is 0 Å². The first-order valence-electron chi connectivity index (χ1n) is 9.64. The molecule has 0 saturated heterocycles. The number of carbonyl (C=O) groups excluding carboxylic acids is 2. The van der Waals surface area contributed by atoms with Gasteiger partial charge in [-0.15, -0.1) is 11.3 Å². The minimum atomic E-state index is -0.312. The summed E-state index contributed by atoms with van der Waals surface area (Å²) >= 11 is 1.53. The highest BCUT2D eigenvalue weighted by Gasteiger charge is 2.40. The normalized spacial score (nSPS) is 23.5. The molecule has 1 heterocycles. The van der Waals surface area contributed by atoms with Gasteiger partial charge in [0.15, 0.2) is 0 Å². The van der Waals surface area contributed by atoms with E-state index in [1.165, 1.54) is 30.6 Å². The molecule has 1 aromatic heterocycles. The minimum Gasteiger partial charge on any atom is -0.497 e. The Hall–Kier alpha value is -2.60. The molecule has 28 heavy (non-hydrogen) atoms. The van der Waals surface area contributed by atoms with E-state index in [9.17, 15) is 9.59 Å². The predicted molar refractivity (Wildman–Crippen MR) is 110 cm³/mol. The van der Waals surface area contributed by atoms with Gasteiger partial charge in [-0.2, -0.15) is 0 Å². The first-order valence-corrected chi connectivity index (χ1v) is 10.5. The lowest BCUT2D eigenvalue weighted by molar-refractivity contribution is -0.118. The molecule has 2 bridgehead atoms. The van der Waals surface area contributed by atoms with Crippen molar-refractivity contribution in [1.82, 2.24) is 10.6 Å². The Morgan fingerprint density at radius 2 is 1.96 bits per heavy atom. The third-order valence-electron chi connectivity index (χ3n) is 5.73. The van der Waals surface area contributed by atoms with Gasteiger partial charge in [0.25, 0.3) is 11.8 Å². The second-order valence-corrected chi connectivity index (χ2v) is 8.49. The lowest BCUT2D eigenvalue weighted by Gasteiger charge is -2.23. The molecular weight excluding hydrogens is 372 g/mol. The third kappa shape index (κ3) is 4.12. The number of hydrogen-bond donors (Lipinski definition) is 2. The molecule has 6 heteroatoms. The highest BCUT2D eigenvalue weighted by atomic mass is 32.1. The number of methoxy groups -OCH3 is 1. The van der Waals surface area contributed by atoms with Crippen LogP contribution in [0.25, 0.3) is 6.08 Å². The van der Waals surface area contributed by atoms with Crippen molar-refractivity contribution in [1.29, 1.82) is 0 Å². The van der Waals surface area contributed by atoms with Crippen LogP contribution in [0.5, 0.6) is 5.75 Å². The van der Waals surface area contributed by atoms with E-state index >= 15 is 0 Å². The zero-order valence-electron chi connectivity index (χ0n) is 15.8. The Morgan fingerprint density at radius 3 is 2.57 bits per heavy atom. The maximum absolute atomic E-state index is 13.0. The standard InChI is InChI=1S/C22H24N2O3S/c1-27-17-8-6-15(7-9-17)21(25)24-20(13-18-3-2-10-28-18)22(26)23-19-12-14-4-5-16(19)11-14/h2-3,6-10,13-14,16,19H,4-5,11-12H2,1H3,(H,23,26)(H,24,25)/b20-13-/t14-,16-,19-/m0/s1. The zero-order chi connectivity index (χ0) is 19.5. The van der Waals surface area contributed by atoms with E-state index in [4.69, 9.17) is 4.74 Å². The molecule has 2 N–H and O–H groups in total. The summed E-state index contributed by atoms with van der Waals surface area (Å²) in [5.74, 6) is 1.48. The molecule has 1 aromatic carbocycles. The van der Waals surface area contributed by atoms with Gasteiger partial charge in [-0.25, -0.2) is 0 Å². The molecule has 2 amide bonds. The average Bonchev–Trinajstić information content (AvgIpc) is 3.46. The van der Waals surface area contributed by atoms with Crippen LogP contribution in [-0.2, 0) is 4.79 Å². The number of fused-ring (bicyclic) bond motifs is 2. The highest BCUT2D eigenvalue weighted by molar-refractivity contribution is 7.10. The van der Waals surface area contributed by atoms with Gasteiger partial charge in [0.2, 0.25) is 0 Å². The summed E-state index contributed by atoms with van der Waals surface area (Å²) in [6.07, 6.45) is 6.48. The second-order valence-electron chi connectivity index (χ2n) is 7.51. The lowest BCUT2D eigenvalue weighted by atomic mass is 9.95. The van der Waals surface area contributed by atoms with E-state index in [1.807, 2.05) is 17.5 Å². The average molecular weight is 397 g/mol. The van der Waals surface area contributed by atoms with Crippen molar-refractivity contribution in [2.45, 2.75) is 31.7 Å². The van der Waals surface area contributed by atoms with Gasteiger partial charge in [0.1, 0.15) is 11.4 Å². The van der Waals surface area contributed by atoms with Crippen molar-refractivity contribution in [3.05, 3.63) is 57.9 Å². The van der Waals surface area contributed by atoms with Crippen LogP contribution in [0, 0.1) is 11.8 Å². The highest BCUT2D eigenvalue weighted by Crippen LogP contribution is 2.44. The van der Waals surface area contributed by atoms with Gasteiger partial charge in [-0.05, 0) is 72.9 Å². The maximum Gasteiger partial charge on any atom is 0.268 e. The minimum absolute atomic E-state index is 0.215. The van der Waals surface area contributed by atoms with Crippen molar-refractivity contribution in [2.75, 3.05) is 7.11 Å². The van der Waals surface area contributed by atoms with E-state index in [0.717, 1.165) is 17.2 Å². The van der Waals surface area contributed by atoms with Gasteiger partial charge in [0, 0.05) is 16.5 Å². The Kier molecular flexibility index (Phi) is 5.48. The van der Waals surface area contributed by atoms with Crippen LogP contribution in [0.1, 0.15) is 40.9 Å². The first-order chi connectivity index (χ1) is 13.6. The van der Waals surface area contributed by atoms with Gasteiger partial charge in [-0.3, -0.25) is 9.59 Å². The summed E-state index contributed by atoms with van der Waals surface area (Å²) in [7, 11) is 1.58. The van der Waals surface area contributed by atoms with Gasteiger partial charge < -0.3 is 15.4 Å². The Balaban J connectivity index is 1.50. The van der Waals surface area contributed by atoms with Crippen LogP contribution in [0.15, 0.2) is 47.5 Å². The molecule has 2 fully saturated rings. The van der Waals surface area contributed by atoms with Crippen LogP contribution in [0.2, 0.25) is 0 Å². The molecule has 0 spiro atoms. The molecule has 2 saturated carbocycles. The van der Waals surface area contributed by atoms with Gasteiger partial charge >= 0.3 is 0 Å². The van der Waals surface area contributed by atoms with E-state index < -0.39 is 0 Å². The maximum atomic E-state index is 13.0. The van der Waals surface area contributed by atoms with E-state index in [0.29, 0.717) is 17.2 Å². The summed E-state index contributed by atoms with van der Waals surface area (Å²) < 4.78 is 5.13. The molecule has 5 nitrogen and oxygen atoms in total. The summed E-state index contributed by atoms with van der Waals surface area (Å²) in [5.41, 5.74) is 0.761. The van der Waals surface area contributed by atoms with Crippen LogP contribution >= 0.6 is 11.3 Å². The number of benzene rings is 1. The molecule has 3 atom stereocenters. The molecule has 2 aliphatic rings. The summed E-state index contributed by atoms with van der Waals surface area (Å²) in [6.45, 7) is 0. The number of carbonyl (C=O) groups is 2. The van der Waals surface area contributed by atoms with E-state index in [2.05, 4.69) is 10.6 Å². The van der Waals surface area contributed by atoms with Crippen LogP contribution in [0.4, 0.5) is 0 Å². The topological polar surface area (TPSA) is 67.4 Å². The Morgan fingerprint density at radius 1 is 1.14 bits per heavy atom. The second kappa shape index (κ2) is 8.19. The summed E-state index contributed by atoms with van der Waals surface area (Å²) in [6, 6.07) is 10.9. The number of rotatable bonds is 6. The number of amides is 2. The smallest absolute Gasteiger partial charge is 0.268 e. The van der Waals surface area contributed by atoms with Crippen molar-refractivity contribution in [2.24, 2.45) is 11.8 Å². The van der Waals surface area contributed by atoms with Crippen molar-refractivity contribution >= 4 is 29.2 Å². The fraction of sp³-hybridized carbons (Fsp3) is 0.364. The number of nitrogens with one attached hydrogen (secondary N) is 2. The molecule has 2 aromatic rings. The molecule has 0 unspecified atom stereocenters. The monoisotopic (exact) mass is 396 g/mol. The van der Waals surface area contributed by atoms with Crippen molar-refractivity contribution in [3.8, 4) is 5.75 Å². The molecule has 146 valence electrons. The number of thiophene rings is 1. The van der Waals surface area contributed by atoms with Gasteiger partial charge in [-0.1, -0.05) is 12.5 Å². The molecule has 2 aliphatic carbocycles. The fourth-order valence-corrected chi connectivity index (χ4v) is 4.94. The third-order valence-corrected chi connectivity index (χ3v) is 6.55. The fourth-order valence-electron chi connectivity index (χ4n) is 4.28. The number of ether oxygens (including phenoxy) is 1. The van der Waals surface area contributed by atoms with Crippen LogP contribution in [-0.4, -0.2) is 25.0 Å². The lowest BCUT2D eigenvalue weighted by Crippen LogP contribution is -2.42. The first kappa shape index (κ1) is 18.7. The van der Waals surface area contributed by atoms with Crippen molar-refractivity contribution in [3.63, 3.8) is 0 Å². The van der Waals surface area contributed by atoms with E-state index in [-0.39, 0.29) is 23.6 Å². The SMILES string of the molecule is COc1ccc(C(=O)N/C(=C\c2cccs2)C(=O)N[C@H]2C[C@H]3CC[C@H]2C3)cc1. The van der Waals surface area contributed by atoms with E-state index in [1.54, 1.807) is 37.5 Å². The summed E-state index contributed by atoms with van der Waals surface area (Å²) in [5, 5.41) is 7.91. The van der Waals surface area contributed by atoms with Crippen LogP contribution < -0.4 is 15.4 Å².